The van der Waals surface area contributed by atoms with Gasteiger partial charge in [0.15, 0.2) is 6.29 Å². The van der Waals surface area contributed by atoms with Crippen molar-refractivity contribution < 1.29 is 22.4 Å². The molecule has 24 heavy (non-hydrogen) atoms. The van der Waals surface area contributed by atoms with Crippen molar-refractivity contribution in [3.05, 3.63) is 0 Å². The zero-order valence-electron chi connectivity index (χ0n) is 15.6. The zero-order valence-corrected chi connectivity index (χ0v) is 16.6. The molecule has 1 unspecified atom stereocenters. The van der Waals surface area contributed by atoms with E-state index in [1.807, 2.05) is 27.0 Å². The second-order valence-corrected chi connectivity index (χ2v) is 7.02. The Bertz CT molecular complexity index is 305. The summed E-state index contributed by atoms with van der Waals surface area (Å²) in [6.45, 7) is 9.99. The number of ether oxygens (including phenoxy) is 1. The summed E-state index contributed by atoms with van der Waals surface area (Å²) in [5.41, 5.74) is 5.37. The summed E-state index contributed by atoms with van der Waals surface area (Å²) in [7, 11) is -1.59. The third kappa shape index (κ3) is 11.2. The molecular weight excluding hydrogens is 330 g/mol. The molecule has 0 bridgehead atoms. The molecular formula is C15H35N3O5Si. The van der Waals surface area contributed by atoms with Gasteiger partial charge in [0.25, 0.3) is 0 Å². The van der Waals surface area contributed by atoms with Gasteiger partial charge in [-0.2, -0.15) is 0 Å². The Morgan fingerprint density at radius 3 is 2.42 bits per heavy atom. The smallest absolute Gasteiger partial charge is 0.355 e. The van der Waals surface area contributed by atoms with Crippen LogP contribution in [0.1, 0.15) is 33.6 Å². The number of nitrogens with two attached hydrogens (primary N) is 1. The van der Waals surface area contributed by atoms with Gasteiger partial charge in [-0.1, -0.05) is 0 Å². The first-order chi connectivity index (χ1) is 11.7. The van der Waals surface area contributed by atoms with Gasteiger partial charge in [0.05, 0.1) is 6.54 Å². The van der Waals surface area contributed by atoms with E-state index in [9.17, 15) is 0 Å². The zero-order chi connectivity index (χ0) is 18.1. The molecule has 0 aliphatic rings. The number of rotatable bonds is 17. The standard InChI is InChI=1S/C15H35N3O5Si/c1-5-20-15(9-8-11-17-13-14-18-12-10-16)23-24(19-4,21-6-2)22-7-3/h14-15,17H,5-13,16H2,1-4H3. The predicted octanol–water partition coefficient (Wildman–Crippen LogP) is 0.920. The van der Waals surface area contributed by atoms with Crippen molar-refractivity contribution in [3.8, 4) is 0 Å². The second kappa shape index (κ2) is 16.1. The number of aliphatic imine (C=N–C) groups is 1. The molecule has 0 rings (SSSR count). The first kappa shape index (κ1) is 23.6. The van der Waals surface area contributed by atoms with Crippen LogP contribution in [-0.2, 0) is 22.4 Å². The molecule has 0 fully saturated rings. The normalized spacial score (nSPS) is 13.7. The van der Waals surface area contributed by atoms with Crippen LogP contribution in [0.4, 0.5) is 0 Å². The van der Waals surface area contributed by atoms with E-state index in [-0.39, 0.29) is 0 Å². The number of nitrogens with one attached hydrogen (secondary N) is 1. The highest BCUT2D eigenvalue weighted by Crippen LogP contribution is 2.17. The predicted molar refractivity (Wildman–Crippen MR) is 97.0 cm³/mol. The molecule has 0 aliphatic heterocycles. The highest BCUT2D eigenvalue weighted by molar-refractivity contribution is 6.53. The van der Waals surface area contributed by atoms with Crippen molar-refractivity contribution in [2.75, 3.05) is 53.1 Å². The van der Waals surface area contributed by atoms with Crippen molar-refractivity contribution in [2.24, 2.45) is 10.7 Å². The summed E-state index contributed by atoms with van der Waals surface area (Å²) in [4.78, 5) is 4.15. The van der Waals surface area contributed by atoms with E-state index in [1.165, 1.54) is 0 Å². The maximum absolute atomic E-state index is 5.95. The summed E-state index contributed by atoms with van der Waals surface area (Å²) < 4.78 is 28.3. The maximum atomic E-state index is 5.95. The quantitative estimate of drug-likeness (QED) is 0.171. The minimum absolute atomic E-state index is 0.410. The highest BCUT2D eigenvalue weighted by atomic mass is 28.4. The topological polar surface area (TPSA) is 96.6 Å². The molecule has 8 nitrogen and oxygen atoms in total. The van der Waals surface area contributed by atoms with Crippen molar-refractivity contribution >= 4 is 15.3 Å². The first-order valence-electron chi connectivity index (χ1n) is 8.69. The van der Waals surface area contributed by atoms with Crippen LogP contribution in [0.5, 0.6) is 0 Å². The summed E-state index contributed by atoms with van der Waals surface area (Å²) in [5, 5.41) is 3.29. The fourth-order valence-electron chi connectivity index (χ4n) is 1.94. The monoisotopic (exact) mass is 365 g/mol. The van der Waals surface area contributed by atoms with E-state index in [4.69, 9.17) is 28.2 Å². The third-order valence-corrected chi connectivity index (χ3v) is 5.27. The molecule has 0 aliphatic carbocycles. The van der Waals surface area contributed by atoms with Crippen LogP contribution >= 0.6 is 0 Å². The SMILES string of the molecule is CCOC(CCCNCC=NCCN)O[Si](OC)(OCC)OCC. The minimum Gasteiger partial charge on any atom is -0.355 e. The van der Waals surface area contributed by atoms with Crippen LogP contribution in [0.25, 0.3) is 0 Å². The molecule has 0 aromatic carbocycles. The Hall–Kier alpha value is -0.393. The van der Waals surface area contributed by atoms with Gasteiger partial charge in [0.2, 0.25) is 0 Å². The van der Waals surface area contributed by atoms with Gasteiger partial charge in [0, 0.05) is 46.2 Å². The Kier molecular flexibility index (Phi) is 15.8. The van der Waals surface area contributed by atoms with Gasteiger partial charge >= 0.3 is 9.05 Å². The fraction of sp³-hybridized carbons (Fsp3) is 0.933. The largest absolute Gasteiger partial charge is 0.681 e. The van der Waals surface area contributed by atoms with Crippen molar-refractivity contribution in [2.45, 2.75) is 39.9 Å². The molecule has 1 atom stereocenters. The average molecular weight is 366 g/mol. The Balaban J connectivity index is 4.26. The Morgan fingerprint density at radius 2 is 1.88 bits per heavy atom. The summed E-state index contributed by atoms with van der Waals surface area (Å²) in [5.74, 6) is 0. The van der Waals surface area contributed by atoms with Crippen LogP contribution < -0.4 is 11.1 Å². The van der Waals surface area contributed by atoms with Gasteiger partial charge in [-0.25, -0.2) is 0 Å². The van der Waals surface area contributed by atoms with Crippen molar-refractivity contribution in [3.63, 3.8) is 0 Å². The van der Waals surface area contributed by atoms with Crippen molar-refractivity contribution in [1.82, 2.24) is 5.32 Å². The number of nitrogens with zero attached hydrogens (tertiary/aromatic N) is 1. The Morgan fingerprint density at radius 1 is 1.17 bits per heavy atom. The second-order valence-electron chi connectivity index (χ2n) is 4.80. The number of hydrogen-bond donors (Lipinski definition) is 2. The minimum atomic E-state index is -3.14. The van der Waals surface area contributed by atoms with Gasteiger partial charge < -0.3 is 33.5 Å². The lowest BCUT2D eigenvalue weighted by Crippen LogP contribution is -2.51. The number of hydrogen-bond acceptors (Lipinski definition) is 8. The summed E-state index contributed by atoms with van der Waals surface area (Å²) in [6.07, 6.45) is 3.05. The highest BCUT2D eigenvalue weighted by Gasteiger charge is 2.46. The van der Waals surface area contributed by atoms with Crippen LogP contribution in [0, 0.1) is 0 Å². The molecule has 0 spiro atoms. The lowest BCUT2D eigenvalue weighted by Gasteiger charge is -2.30. The lowest BCUT2D eigenvalue weighted by atomic mass is 10.3. The van der Waals surface area contributed by atoms with Crippen LogP contribution in [-0.4, -0.2) is 74.7 Å². The molecule has 0 heterocycles. The van der Waals surface area contributed by atoms with Gasteiger partial charge in [-0.3, -0.25) is 4.99 Å². The molecule has 3 N–H and O–H groups in total. The maximum Gasteiger partial charge on any atom is 0.681 e. The summed E-state index contributed by atoms with van der Waals surface area (Å²) in [6, 6.07) is 0. The third-order valence-electron chi connectivity index (χ3n) is 2.94. The average Bonchev–Trinajstić information content (AvgIpc) is 2.57. The van der Waals surface area contributed by atoms with Crippen LogP contribution in [0.15, 0.2) is 4.99 Å². The molecule has 0 saturated carbocycles. The van der Waals surface area contributed by atoms with Crippen LogP contribution in [0.2, 0.25) is 0 Å². The van der Waals surface area contributed by atoms with E-state index < -0.39 is 15.3 Å². The van der Waals surface area contributed by atoms with Crippen LogP contribution in [0.3, 0.4) is 0 Å². The molecule has 144 valence electrons. The first-order valence-corrected chi connectivity index (χ1v) is 10.3. The van der Waals surface area contributed by atoms with Gasteiger partial charge in [0.1, 0.15) is 0 Å². The lowest BCUT2D eigenvalue weighted by molar-refractivity contribution is -0.146. The molecule has 0 amide bonds. The Labute approximate surface area is 147 Å². The van der Waals surface area contributed by atoms with E-state index in [2.05, 4.69) is 10.3 Å². The summed E-state index contributed by atoms with van der Waals surface area (Å²) >= 11 is 0. The molecule has 9 heteroatoms. The van der Waals surface area contributed by atoms with Crippen molar-refractivity contribution in [1.29, 1.82) is 0 Å². The molecule has 0 aromatic heterocycles. The van der Waals surface area contributed by atoms with Gasteiger partial charge in [-0.15, -0.1) is 0 Å². The van der Waals surface area contributed by atoms with E-state index >= 15 is 0 Å². The molecule has 0 aromatic rings. The van der Waals surface area contributed by atoms with E-state index in [1.54, 1.807) is 7.11 Å². The van der Waals surface area contributed by atoms with E-state index in [0.29, 0.717) is 32.9 Å². The van der Waals surface area contributed by atoms with E-state index in [0.717, 1.165) is 25.9 Å². The van der Waals surface area contributed by atoms with Gasteiger partial charge in [-0.05, 0) is 40.2 Å². The molecule has 0 radical (unpaired) electrons. The fourth-order valence-corrected chi connectivity index (χ4v) is 3.71. The molecule has 0 saturated heterocycles.